The van der Waals surface area contributed by atoms with Crippen molar-refractivity contribution in [3.8, 4) is 11.7 Å². The molecule has 1 unspecified atom stereocenters. The predicted octanol–water partition coefficient (Wildman–Crippen LogP) is 2.45. The summed E-state index contributed by atoms with van der Waals surface area (Å²) in [4.78, 5) is 15.3. The van der Waals surface area contributed by atoms with Crippen LogP contribution in [0.25, 0.3) is 5.82 Å². The third-order valence-electron chi connectivity index (χ3n) is 4.78. The van der Waals surface area contributed by atoms with Crippen molar-refractivity contribution in [1.29, 1.82) is 0 Å². The highest BCUT2D eigenvalue weighted by molar-refractivity contribution is 5.88. The summed E-state index contributed by atoms with van der Waals surface area (Å²) < 4.78 is 7.35. The minimum Gasteiger partial charge on any atom is -0.478 e. The van der Waals surface area contributed by atoms with Gasteiger partial charge in [0.15, 0.2) is 5.82 Å². The Bertz CT molecular complexity index is 749. The molecule has 22 heavy (non-hydrogen) atoms. The van der Waals surface area contributed by atoms with Gasteiger partial charge < -0.3 is 9.84 Å². The van der Waals surface area contributed by atoms with Gasteiger partial charge in [0, 0.05) is 12.3 Å². The normalized spacial score (nSPS) is 20.9. The number of nitrogens with zero attached hydrogens (tertiary/aromatic N) is 3. The molecule has 2 fully saturated rings. The fraction of sp³-hybridized carbons (Fsp3) is 0.438. The predicted molar refractivity (Wildman–Crippen MR) is 78.3 cm³/mol. The van der Waals surface area contributed by atoms with E-state index in [2.05, 4.69) is 10.1 Å². The second-order valence-corrected chi connectivity index (χ2v) is 6.28. The summed E-state index contributed by atoms with van der Waals surface area (Å²) in [5.41, 5.74) is 1.31. The van der Waals surface area contributed by atoms with Crippen LogP contribution in [0.5, 0.6) is 5.88 Å². The molecular weight excluding hydrogens is 282 g/mol. The van der Waals surface area contributed by atoms with E-state index in [-0.39, 0.29) is 5.56 Å². The Hall–Kier alpha value is -2.37. The molecule has 2 aliphatic rings. The van der Waals surface area contributed by atoms with Crippen LogP contribution in [0.15, 0.2) is 24.4 Å². The molecule has 0 amide bonds. The van der Waals surface area contributed by atoms with Gasteiger partial charge in [0.25, 0.3) is 0 Å². The van der Waals surface area contributed by atoms with E-state index in [1.165, 1.54) is 19.3 Å². The van der Waals surface area contributed by atoms with E-state index in [1.807, 2.05) is 6.07 Å². The summed E-state index contributed by atoms with van der Waals surface area (Å²) >= 11 is 0. The highest BCUT2D eigenvalue weighted by atomic mass is 16.5. The van der Waals surface area contributed by atoms with Crippen molar-refractivity contribution in [2.75, 3.05) is 6.61 Å². The zero-order chi connectivity index (χ0) is 15.3. The van der Waals surface area contributed by atoms with Crippen LogP contribution in [0.3, 0.4) is 0 Å². The van der Waals surface area contributed by atoms with Crippen molar-refractivity contribution >= 4 is 5.97 Å². The quantitative estimate of drug-likeness (QED) is 0.917. The molecule has 4 rings (SSSR count). The van der Waals surface area contributed by atoms with E-state index in [0.717, 1.165) is 6.61 Å². The number of rotatable bonds is 5. The Balaban J connectivity index is 1.46. The summed E-state index contributed by atoms with van der Waals surface area (Å²) in [7, 11) is 0. The first-order chi connectivity index (χ1) is 10.6. The SMILES string of the molecule is Cc1nc(-n2ccc(OCC3CC34CC4)n2)ccc1C(=O)O. The summed E-state index contributed by atoms with van der Waals surface area (Å²) in [5.74, 6) is 0.902. The first-order valence-electron chi connectivity index (χ1n) is 7.47. The fourth-order valence-corrected chi connectivity index (χ4v) is 3.04. The number of carboxylic acids is 1. The topological polar surface area (TPSA) is 77.2 Å². The molecule has 6 nitrogen and oxygen atoms in total. The summed E-state index contributed by atoms with van der Waals surface area (Å²) in [6, 6.07) is 5.00. The molecule has 2 heterocycles. The number of aromatic nitrogens is 3. The number of carboxylic acid groups (broad SMARTS) is 1. The molecule has 2 aliphatic carbocycles. The number of hydrogen-bond donors (Lipinski definition) is 1. The lowest BCUT2D eigenvalue weighted by atomic mass is 10.2. The molecule has 2 aromatic rings. The van der Waals surface area contributed by atoms with Crippen molar-refractivity contribution in [2.45, 2.75) is 26.2 Å². The molecule has 0 saturated heterocycles. The lowest BCUT2D eigenvalue weighted by Crippen LogP contribution is -2.06. The van der Waals surface area contributed by atoms with E-state index in [1.54, 1.807) is 29.9 Å². The van der Waals surface area contributed by atoms with Gasteiger partial charge in [-0.15, -0.1) is 5.10 Å². The third kappa shape index (κ3) is 2.24. The van der Waals surface area contributed by atoms with E-state index in [0.29, 0.717) is 28.7 Å². The van der Waals surface area contributed by atoms with E-state index < -0.39 is 5.97 Å². The number of aryl methyl sites for hydroxylation is 1. The molecule has 1 N–H and O–H groups in total. The minimum atomic E-state index is -0.973. The van der Waals surface area contributed by atoms with Crippen LogP contribution in [0.2, 0.25) is 0 Å². The average molecular weight is 299 g/mol. The Kier molecular flexibility index (Phi) is 2.76. The summed E-state index contributed by atoms with van der Waals surface area (Å²) in [5, 5.41) is 13.4. The highest BCUT2D eigenvalue weighted by Crippen LogP contribution is 2.70. The van der Waals surface area contributed by atoms with Gasteiger partial charge in [0.2, 0.25) is 5.88 Å². The number of ether oxygens (including phenoxy) is 1. The third-order valence-corrected chi connectivity index (χ3v) is 4.78. The van der Waals surface area contributed by atoms with Gasteiger partial charge >= 0.3 is 5.97 Å². The Morgan fingerprint density at radius 3 is 2.91 bits per heavy atom. The lowest BCUT2D eigenvalue weighted by molar-refractivity contribution is 0.0695. The molecule has 1 atom stereocenters. The maximum atomic E-state index is 11.0. The van der Waals surface area contributed by atoms with Gasteiger partial charge in [-0.3, -0.25) is 0 Å². The van der Waals surface area contributed by atoms with Crippen LogP contribution in [0.1, 0.15) is 35.3 Å². The molecule has 0 aliphatic heterocycles. The van der Waals surface area contributed by atoms with E-state index in [4.69, 9.17) is 9.84 Å². The Labute approximate surface area is 127 Å². The second kappa shape index (κ2) is 4.56. The van der Waals surface area contributed by atoms with Crippen LogP contribution in [-0.2, 0) is 0 Å². The van der Waals surface area contributed by atoms with Crippen LogP contribution < -0.4 is 4.74 Å². The molecule has 1 spiro atoms. The number of hydrogen-bond acceptors (Lipinski definition) is 4. The maximum absolute atomic E-state index is 11.0. The first-order valence-corrected chi connectivity index (χ1v) is 7.47. The molecule has 0 radical (unpaired) electrons. The Morgan fingerprint density at radius 2 is 2.27 bits per heavy atom. The maximum Gasteiger partial charge on any atom is 0.337 e. The van der Waals surface area contributed by atoms with Gasteiger partial charge in [-0.1, -0.05) is 0 Å². The monoisotopic (exact) mass is 299 g/mol. The molecular formula is C16H17N3O3. The van der Waals surface area contributed by atoms with Crippen molar-refractivity contribution < 1.29 is 14.6 Å². The smallest absolute Gasteiger partial charge is 0.337 e. The summed E-state index contributed by atoms with van der Waals surface area (Å²) in [6.07, 6.45) is 5.78. The minimum absolute atomic E-state index is 0.204. The largest absolute Gasteiger partial charge is 0.478 e. The van der Waals surface area contributed by atoms with Crippen LogP contribution in [-0.4, -0.2) is 32.4 Å². The molecule has 6 heteroatoms. The van der Waals surface area contributed by atoms with Crippen molar-refractivity contribution in [1.82, 2.24) is 14.8 Å². The molecule has 2 aromatic heterocycles. The average Bonchev–Trinajstić information content (AvgIpc) is 3.36. The zero-order valence-electron chi connectivity index (χ0n) is 12.3. The fourth-order valence-electron chi connectivity index (χ4n) is 3.04. The van der Waals surface area contributed by atoms with Crippen molar-refractivity contribution in [2.24, 2.45) is 11.3 Å². The molecule has 0 bridgehead atoms. The van der Waals surface area contributed by atoms with Crippen LogP contribution in [0, 0.1) is 18.3 Å². The van der Waals surface area contributed by atoms with E-state index in [9.17, 15) is 4.79 Å². The standard InChI is InChI=1S/C16H17N3O3/c1-10-12(15(20)21)2-3-13(17-10)19-7-4-14(18-19)22-9-11-8-16(11)5-6-16/h2-4,7,11H,5-6,8-9H2,1H3,(H,20,21). The van der Waals surface area contributed by atoms with Gasteiger partial charge in [-0.2, -0.15) is 0 Å². The molecule has 2 saturated carbocycles. The summed E-state index contributed by atoms with van der Waals surface area (Å²) in [6.45, 7) is 2.41. The lowest BCUT2D eigenvalue weighted by Gasteiger charge is -2.05. The van der Waals surface area contributed by atoms with Crippen LogP contribution >= 0.6 is 0 Å². The molecule has 0 aromatic carbocycles. The van der Waals surface area contributed by atoms with Gasteiger partial charge in [0.05, 0.1) is 17.9 Å². The van der Waals surface area contributed by atoms with Crippen LogP contribution in [0.4, 0.5) is 0 Å². The van der Waals surface area contributed by atoms with Gasteiger partial charge in [-0.25, -0.2) is 14.5 Å². The van der Waals surface area contributed by atoms with Crippen molar-refractivity contribution in [3.05, 3.63) is 35.7 Å². The van der Waals surface area contributed by atoms with Gasteiger partial charge in [-0.05, 0) is 49.7 Å². The first kappa shape index (κ1) is 13.3. The second-order valence-electron chi connectivity index (χ2n) is 6.28. The number of carbonyl (C=O) groups is 1. The van der Waals surface area contributed by atoms with E-state index >= 15 is 0 Å². The zero-order valence-corrected chi connectivity index (χ0v) is 12.3. The number of pyridine rings is 1. The number of aromatic carboxylic acids is 1. The highest BCUT2D eigenvalue weighted by Gasteiger charge is 2.62. The van der Waals surface area contributed by atoms with Crippen molar-refractivity contribution in [3.63, 3.8) is 0 Å². The molecule has 114 valence electrons. The Morgan fingerprint density at radius 1 is 1.45 bits per heavy atom. The van der Waals surface area contributed by atoms with Gasteiger partial charge in [0.1, 0.15) is 0 Å².